The third-order valence-electron chi connectivity index (χ3n) is 4.96. The fraction of sp³-hybridized carbons (Fsp3) is 0.381. The number of amidine groups is 1. The fourth-order valence-corrected chi connectivity index (χ4v) is 3.16. The highest BCUT2D eigenvalue weighted by Crippen LogP contribution is 2.29. The van der Waals surface area contributed by atoms with E-state index in [0.29, 0.717) is 30.4 Å². The fourth-order valence-electron chi connectivity index (χ4n) is 3.16. The summed E-state index contributed by atoms with van der Waals surface area (Å²) in [7, 11) is 0. The van der Waals surface area contributed by atoms with E-state index in [-0.39, 0.29) is 36.5 Å². The molecule has 1 heterocycles. The smallest absolute Gasteiger partial charge is 0.394 e. The molecule has 174 valence electrons. The lowest BCUT2D eigenvalue weighted by Gasteiger charge is -2.31. The lowest BCUT2D eigenvalue weighted by atomic mass is 10.0. The number of amides is 1. The maximum absolute atomic E-state index is 12.9. The molecule has 1 amide bonds. The maximum Gasteiger partial charge on any atom is 0.431 e. The Kier molecular flexibility index (Phi) is 8.03. The van der Waals surface area contributed by atoms with Gasteiger partial charge in [-0.2, -0.15) is 13.2 Å². The Hall–Kier alpha value is -3.34. The molecule has 0 aliphatic carbocycles. The molecule has 11 heteroatoms. The Morgan fingerprint density at radius 3 is 2.47 bits per heavy atom. The van der Waals surface area contributed by atoms with Gasteiger partial charge in [0.25, 0.3) is 0 Å². The molecule has 32 heavy (non-hydrogen) atoms. The molecule has 0 radical (unpaired) electrons. The van der Waals surface area contributed by atoms with Crippen LogP contribution in [0.4, 0.5) is 18.9 Å². The van der Waals surface area contributed by atoms with E-state index in [1.807, 2.05) is 0 Å². The van der Waals surface area contributed by atoms with Crippen molar-refractivity contribution in [2.24, 2.45) is 16.5 Å². The molecule has 2 rings (SSSR count). The normalized spacial score (nSPS) is 17.1. The Morgan fingerprint density at radius 1 is 1.34 bits per heavy atom. The second-order valence-corrected chi connectivity index (χ2v) is 7.39. The summed E-state index contributed by atoms with van der Waals surface area (Å²) < 4.78 is 38.7. The van der Waals surface area contributed by atoms with Crippen LogP contribution in [0.5, 0.6) is 0 Å². The van der Waals surface area contributed by atoms with Gasteiger partial charge in [-0.05, 0) is 24.6 Å². The van der Waals surface area contributed by atoms with Crippen LogP contribution in [0.2, 0.25) is 0 Å². The minimum atomic E-state index is -4.75. The van der Waals surface area contributed by atoms with Gasteiger partial charge in [-0.1, -0.05) is 12.1 Å². The second kappa shape index (κ2) is 10.3. The number of allylic oxidation sites excluding steroid dienone is 2. The van der Waals surface area contributed by atoms with Crippen molar-refractivity contribution in [1.82, 2.24) is 10.2 Å². The Labute approximate surface area is 184 Å². The van der Waals surface area contributed by atoms with Crippen molar-refractivity contribution >= 4 is 29.2 Å². The SMILES string of the molecule is CC(=O)N1CCC(NC(C)CO)=C(C(N)=Nc2ccc(C(C=N)=C(N)C(F)(F)F)cc2)C1. The summed E-state index contributed by atoms with van der Waals surface area (Å²) in [6.45, 7) is 3.91. The molecule has 0 fully saturated rings. The van der Waals surface area contributed by atoms with E-state index in [1.165, 1.54) is 31.2 Å². The van der Waals surface area contributed by atoms with E-state index >= 15 is 0 Å². The van der Waals surface area contributed by atoms with E-state index < -0.39 is 17.4 Å². The zero-order valence-electron chi connectivity index (χ0n) is 17.8. The maximum atomic E-state index is 12.9. The summed E-state index contributed by atoms with van der Waals surface area (Å²) in [5, 5.41) is 19.8. The lowest BCUT2D eigenvalue weighted by Crippen LogP contribution is -2.43. The van der Waals surface area contributed by atoms with Crippen LogP contribution in [0.1, 0.15) is 25.8 Å². The number of hydrogen-bond donors (Lipinski definition) is 5. The number of benzene rings is 1. The quantitative estimate of drug-likeness (QED) is 0.318. The van der Waals surface area contributed by atoms with Crippen molar-refractivity contribution < 1.29 is 23.1 Å². The van der Waals surface area contributed by atoms with Gasteiger partial charge in [0.15, 0.2) is 0 Å². The topological polar surface area (TPSA) is 141 Å². The van der Waals surface area contributed by atoms with Crippen molar-refractivity contribution in [2.45, 2.75) is 32.5 Å². The van der Waals surface area contributed by atoms with Gasteiger partial charge >= 0.3 is 6.18 Å². The molecule has 1 unspecified atom stereocenters. The summed E-state index contributed by atoms with van der Waals surface area (Å²) >= 11 is 0. The number of aliphatic hydroxyl groups excluding tert-OH is 1. The zero-order valence-corrected chi connectivity index (χ0v) is 17.8. The van der Waals surface area contributed by atoms with Crippen LogP contribution >= 0.6 is 0 Å². The number of halogens is 3. The summed E-state index contributed by atoms with van der Waals surface area (Å²) in [5.41, 5.74) is 11.4. The highest BCUT2D eigenvalue weighted by Gasteiger charge is 2.34. The predicted octanol–water partition coefficient (Wildman–Crippen LogP) is 2.03. The number of nitrogens with one attached hydrogen (secondary N) is 2. The number of hydrogen-bond acceptors (Lipinski definition) is 6. The standard InChI is InChI=1S/C21H27F3N6O2/c1-12(11-31)28-18-7-8-30(13(2)32)10-17(18)20(27)29-15-5-3-14(4-6-15)16(9-25)19(26)21(22,23)24/h3-6,9,12,25,28,31H,7-8,10-11,26H2,1-2H3,(H2,27,29). The van der Waals surface area contributed by atoms with Crippen LogP contribution in [0.15, 0.2) is 46.2 Å². The van der Waals surface area contributed by atoms with Gasteiger partial charge in [-0.3, -0.25) is 4.79 Å². The molecule has 7 N–H and O–H groups in total. The molecule has 0 saturated carbocycles. The molecule has 1 aromatic rings. The number of alkyl halides is 3. The molecule has 1 aliphatic heterocycles. The number of aliphatic hydroxyl groups is 1. The highest BCUT2D eigenvalue weighted by molar-refractivity contribution is 6.09. The monoisotopic (exact) mass is 452 g/mol. The number of nitrogens with zero attached hydrogens (tertiary/aromatic N) is 2. The molecule has 0 saturated heterocycles. The van der Waals surface area contributed by atoms with Gasteiger partial charge in [-0.15, -0.1) is 0 Å². The van der Waals surface area contributed by atoms with Crippen LogP contribution in [-0.2, 0) is 4.79 Å². The average molecular weight is 452 g/mol. The Bertz CT molecular complexity index is 951. The first kappa shape index (κ1) is 24.9. The average Bonchev–Trinajstić information content (AvgIpc) is 2.74. The minimum Gasteiger partial charge on any atom is -0.394 e. The molecule has 0 spiro atoms. The molecule has 1 aliphatic rings. The molecular formula is C21H27F3N6O2. The molecular weight excluding hydrogens is 425 g/mol. The lowest BCUT2D eigenvalue weighted by molar-refractivity contribution is -0.128. The van der Waals surface area contributed by atoms with Gasteiger partial charge < -0.3 is 32.2 Å². The Morgan fingerprint density at radius 2 is 1.97 bits per heavy atom. The van der Waals surface area contributed by atoms with Gasteiger partial charge in [0.05, 0.1) is 18.8 Å². The van der Waals surface area contributed by atoms with Gasteiger partial charge in [0, 0.05) is 49.0 Å². The van der Waals surface area contributed by atoms with Crippen molar-refractivity contribution in [3.63, 3.8) is 0 Å². The van der Waals surface area contributed by atoms with Gasteiger partial charge in [0.2, 0.25) is 5.91 Å². The second-order valence-electron chi connectivity index (χ2n) is 7.39. The summed E-state index contributed by atoms with van der Waals surface area (Å²) in [6.07, 6.45) is -3.68. The van der Waals surface area contributed by atoms with Crippen molar-refractivity contribution in [3.05, 3.63) is 46.8 Å². The van der Waals surface area contributed by atoms with Crippen LogP contribution < -0.4 is 16.8 Å². The third-order valence-corrected chi connectivity index (χ3v) is 4.96. The predicted molar refractivity (Wildman–Crippen MR) is 117 cm³/mol. The van der Waals surface area contributed by atoms with Crippen LogP contribution in [0.25, 0.3) is 5.57 Å². The number of aliphatic imine (C=N–C) groups is 1. The van der Waals surface area contributed by atoms with E-state index in [2.05, 4.69) is 10.3 Å². The molecule has 0 aromatic heterocycles. The third kappa shape index (κ3) is 6.10. The largest absolute Gasteiger partial charge is 0.431 e. The van der Waals surface area contributed by atoms with Gasteiger partial charge in [0.1, 0.15) is 11.5 Å². The minimum absolute atomic E-state index is 0.0877. The molecule has 8 nitrogen and oxygen atoms in total. The van der Waals surface area contributed by atoms with E-state index in [1.54, 1.807) is 11.8 Å². The number of carbonyl (C=O) groups is 1. The van der Waals surface area contributed by atoms with Crippen LogP contribution in [0, 0.1) is 5.41 Å². The van der Waals surface area contributed by atoms with E-state index in [4.69, 9.17) is 16.9 Å². The Balaban J connectivity index is 2.38. The zero-order chi connectivity index (χ0) is 24.1. The molecule has 1 atom stereocenters. The van der Waals surface area contributed by atoms with Crippen LogP contribution in [-0.4, -0.2) is 59.9 Å². The van der Waals surface area contributed by atoms with Gasteiger partial charge in [-0.25, -0.2) is 4.99 Å². The number of carbonyl (C=O) groups excluding carboxylic acids is 1. The van der Waals surface area contributed by atoms with Crippen LogP contribution in [0.3, 0.4) is 0 Å². The highest BCUT2D eigenvalue weighted by atomic mass is 19.4. The summed E-state index contributed by atoms with van der Waals surface area (Å²) in [4.78, 5) is 17.8. The van der Waals surface area contributed by atoms with E-state index in [0.717, 1.165) is 5.70 Å². The first-order chi connectivity index (χ1) is 15.0. The first-order valence-electron chi connectivity index (χ1n) is 9.85. The summed E-state index contributed by atoms with van der Waals surface area (Å²) in [5.74, 6) is 0.0380. The van der Waals surface area contributed by atoms with Crippen molar-refractivity contribution in [1.29, 1.82) is 5.41 Å². The first-order valence-corrected chi connectivity index (χ1v) is 9.85. The number of nitrogens with two attached hydrogens (primary N) is 2. The number of rotatable bonds is 7. The molecule has 1 aromatic carbocycles. The van der Waals surface area contributed by atoms with E-state index in [9.17, 15) is 23.1 Å². The summed E-state index contributed by atoms with van der Waals surface area (Å²) in [6, 6.07) is 5.45. The van der Waals surface area contributed by atoms with Crippen molar-refractivity contribution in [2.75, 3.05) is 19.7 Å². The molecule has 0 bridgehead atoms. The van der Waals surface area contributed by atoms with Crippen molar-refractivity contribution in [3.8, 4) is 0 Å².